The van der Waals surface area contributed by atoms with Gasteiger partial charge in [0.25, 0.3) is 0 Å². The van der Waals surface area contributed by atoms with Crippen LogP contribution >= 0.6 is 0 Å². The molecule has 0 aliphatic heterocycles. The minimum absolute atomic E-state index is 0.0733. The van der Waals surface area contributed by atoms with E-state index in [1.54, 1.807) is 6.92 Å². The number of hydrogen-bond donors (Lipinski definition) is 0. The molecule has 0 rings (SSSR count). The molecule has 0 aromatic rings. The predicted octanol–water partition coefficient (Wildman–Crippen LogP) is 2.68. The Bertz CT molecular complexity index is 216. The van der Waals surface area contributed by atoms with Crippen molar-refractivity contribution in [2.24, 2.45) is 11.8 Å². The molecule has 0 heterocycles. The summed E-state index contributed by atoms with van der Waals surface area (Å²) in [7, 11) is 0. The Morgan fingerprint density at radius 2 is 2.00 bits per heavy atom. The normalized spacial score (nSPS) is 14.6. The molecule has 4 nitrogen and oxygen atoms in total. The summed E-state index contributed by atoms with van der Waals surface area (Å²) in [6.07, 6.45) is 2.63. The van der Waals surface area contributed by atoms with E-state index in [-0.39, 0.29) is 23.2 Å². The molecule has 0 aliphatic rings. The lowest BCUT2D eigenvalue weighted by atomic mass is 9.90. The van der Waals surface area contributed by atoms with Gasteiger partial charge in [-0.3, -0.25) is 14.9 Å². The predicted molar refractivity (Wildman–Crippen MR) is 59.3 cm³/mol. The molecule has 4 heteroatoms. The zero-order chi connectivity index (χ0) is 11.8. The summed E-state index contributed by atoms with van der Waals surface area (Å²) < 4.78 is 0. The monoisotopic (exact) mass is 215 g/mol. The lowest BCUT2D eigenvalue weighted by Crippen LogP contribution is -2.20. The average Bonchev–Trinajstić information content (AvgIpc) is 2.16. The van der Waals surface area contributed by atoms with Gasteiger partial charge >= 0.3 is 0 Å². The van der Waals surface area contributed by atoms with Crippen LogP contribution in [0.2, 0.25) is 0 Å². The second kappa shape index (κ2) is 7.37. The molecule has 0 amide bonds. The number of Topliss-reactive ketones (excluding diaryl/α,β-unsaturated/α-hetero) is 1. The molecule has 0 saturated heterocycles. The van der Waals surface area contributed by atoms with Gasteiger partial charge in [0.05, 0.1) is 0 Å². The molecule has 0 radical (unpaired) electrons. The molecule has 0 aromatic carbocycles. The van der Waals surface area contributed by atoms with E-state index in [1.807, 2.05) is 0 Å². The third-order valence-electron chi connectivity index (χ3n) is 2.75. The maximum Gasteiger partial charge on any atom is 0.207 e. The van der Waals surface area contributed by atoms with Crippen LogP contribution in [0.5, 0.6) is 0 Å². The van der Waals surface area contributed by atoms with Crippen LogP contribution < -0.4 is 0 Å². The summed E-state index contributed by atoms with van der Waals surface area (Å²) in [5.74, 6) is 0.507. The topological polar surface area (TPSA) is 60.2 Å². The van der Waals surface area contributed by atoms with Crippen LogP contribution in [0.4, 0.5) is 0 Å². The van der Waals surface area contributed by atoms with E-state index in [0.29, 0.717) is 18.8 Å². The van der Waals surface area contributed by atoms with Crippen molar-refractivity contribution in [3.05, 3.63) is 10.1 Å². The second-order valence-corrected chi connectivity index (χ2v) is 4.23. The molecule has 0 bridgehead atoms. The number of nitrogens with zero attached hydrogens (tertiary/aromatic N) is 1. The fraction of sp³-hybridized carbons (Fsp3) is 0.909. The smallest absolute Gasteiger partial charge is 0.207 e. The summed E-state index contributed by atoms with van der Waals surface area (Å²) in [4.78, 5) is 21.4. The van der Waals surface area contributed by atoms with Crippen LogP contribution in [0.15, 0.2) is 0 Å². The Balaban J connectivity index is 4.17. The van der Waals surface area contributed by atoms with Crippen LogP contribution in [0, 0.1) is 22.0 Å². The number of carbonyl (C=O) groups is 1. The van der Waals surface area contributed by atoms with Gasteiger partial charge in [-0.25, -0.2) is 0 Å². The minimum Gasteiger partial charge on any atom is -0.300 e. The molecular formula is C11H21NO3. The highest BCUT2D eigenvalue weighted by molar-refractivity contribution is 5.78. The summed E-state index contributed by atoms with van der Waals surface area (Å²) in [6, 6.07) is 0. The summed E-state index contributed by atoms with van der Waals surface area (Å²) >= 11 is 0. The van der Waals surface area contributed by atoms with Gasteiger partial charge in [0.15, 0.2) is 0 Å². The van der Waals surface area contributed by atoms with Gasteiger partial charge in [-0.1, -0.05) is 27.2 Å². The van der Waals surface area contributed by atoms with Crippen molar-refractivity contribution in [2.75, 3.05) is 6.54 Å². The van der Waals surface area contributed by atoms with Gasteiger partial charge in [0, 0.05) is 23.7 Å². The third-order valence-corrected chi connectivity index (χ3v) is 2.75. The molecular weight excluding hydrogens is 194 g/mol. The molecule has 0 saturated carbocycles. The molecule has 15 heavy (non-hydrogen) atoms. The number of nitro groups is 1. The molecule has 88 valence electrons. The van der Waals surface area contributed by atoms with Gasteiger partial charge in [-0.2, -0.15) is 0 Å². The van der Waals surface area contributed by atoms with Crippen molar-refractivity contribution < 1.29 is 9.72 Å². The van der Waals surface area contributed by atoms with Gasteiger partial charge in [0.1, 0.15) is 5.78 Å². The van der Waals surface area contributed by atoms with E-state index >= 15 is 0 Å². The van der Waals surface area contributed by atoms with Crippen molar-refractivity contribution in [1.29, 1.82) is 0 Å². The molecule has 0 aromatic heterocycles. The lowest BCUT2D eigenvalue weighted by Gasteiger charge is -2.15. The molecule has 2 unspecified atom stereocenters. The van der Waals surface area contributed by atoms with E-state index in [1.165, 1.54) is 0 Å². The fourth-order valence-corrected chi connectivity index (χ4v) is 1.64. The van der Waals surface area contributed by atoms with Gasteiger partial charge in [0.2, 0.25) is 6.54 Å². The highest BCUT2D eigenvalue weighted by Gasteiger charge is 2.20. The summed E-state index contributed by atoms with van der Waals surface area (Å²) in [6.45, 7) is 5.86. The highest BCUT2D eigenvalue weighted by atomic mass is 16.6. The van der Waals surface area contributed by atoms with Gasteiger partial charge in [-0.05, 0) is 12.3 Å². The van der Waals surface area contributed by atoms with Crippen LogP contribution in [-0.4, -0.2) is 17.3 Å². The van der Waals surface area contributed by atoms with E-state index in [4.69, 9.17) is 0 Å². The van der Waals surface area contributed by atoms with Crippen molar-refractivity contribution >= 4 is 5.78 Å². The fourth-order valence-electron chi connectivity index (χ4n) is 1.64. The zero-order valence-corrected chi connectivity index (χ0v) is 9.86. The van der Waals surface area contributed by atoms with Crippen LogP contribution in [0.3, 0.4) is 0 Å². The van der Waals surface area contributed by atoms with Crippen LogP contribution in [-0.2, 0) is 4.79 Å². The molecule has 2 atom stereocenters. The van der Waals surface area contributed by atoms with Crippen molar-refractivity contribution in [1.82, 2.24) is 0 Å². The third kappa shape index (κ3) is 7.05. The number of rotatable bonds is 8. The molecule has 0 N–H and O–H groups in total. The number of carbonyl (C=O) groups excluding carboxylic acids is 1. The number of ketones is 1. The Kier molecular flexibility index (Phi) is 6.92. The van der Waals surface area contributed by atoms with Gasteiger partial charge in [-0.15, -0.1) is 0 Å². The van der Waals surface area contributed by atoms with E-state index in [2.05, 4.69) is 13.8 Å². The van der Waals surface area contributed by atoms with E-state index in [0.717, 1.165) is 12.8 Å². The Hall–Kier alpha value is -0.930. The highest BCUT2D eigenvalue weighted by Crippen LogP contribution is 2.19. The maximum atomic E-state index is 11.3. The van der Waals surface area contributed by atoms with Gasteiger partial charge < -0.3 is 0 Å². The van der Waals surface area contributed by atoms with Crippen LogP contribution in [0.1, 0.15) is 46.5 Å². The lowest BCUT2D eigenvalue weighted by molar-refractivity contribution is -0.488. The number of hydrogen-bond acceptors (Lipinski definition) is 3. The first-order valence-electron chi connectivity index (χ1n) is 5.63. The largest absolute Gasteiger partial charge is 0.300 e. The molecule has 0 spiro atoms. The van der Waals surface area contributed by atoms with Crippen molar-refractivity contribution in [3.8, 4) is 0 Å². The summed E-state index contributed by atoms with van der Waals surface area (Å²) in [5.41, 5.74) is 0. The standard InChI is InChI=1S/C11H21NO3/c1-4-9(3)6-10(8-12(14)15)7-11(13)5-2/h9-10H,4-8H2,1-3H3. The molecule has 0 fully saturated rings. The van der Waals surface area contributed by atoms with E-state index < -0.39 is 0 Å². The van der Waals surface area contributed by atoms with Crippen molar-refractivity contribution in [2.45, 2.75) is 46.5 Å². The Labute approximate surface area is 91.2 Å². The van der Waals surface area contributed by atoms with Crippen molar-refractivity contribution in [3.63, 3.8) is 0 Å². The molecule has 0 aliphatic carbocycles. The maximum absolute atomic E-state index is 11.3. The second-order valence-electron chi connectivity index (χ2n) is 4.23. The minimum atomic E-state index is -0.310. The Morgan fingerprint density at radius 3 is 2.40 bits per heavy atom. The average molecular weight is 215 g/mol. The Morgan fingerprint density at radius 1 is 1.40 bits per heavy atom. The van der Waals surface area contributed by atoms with Crippen LogP contribution in [0.25, 0.3) is 0 Å². The first-order chi connectivity index (χ1) is 6.99. The van der Waals surface area contributed by atoms with E-state index in [9.17, 15) is 14.9 Å². The first kappa shape index (κ1) is 14.1. The zero-order valence-electron chi connectivity index (χ0n) is 9.86. The first-order valence-corrected chi connectivity index (χ1v) is 5.63. The SMILES string of the molecule is CCC(=O)CC(CC(C)CC)C[N+](=O)[O-]. The summed E-state index contributed by atoms with van der Waals surface area (Å²) in [5, 5.41) is 10.4. The quantitative estimate of drug-likeness (QED) is 0.462.